The van der Waals surface area contributed by atoms with Gasteiger partial charge in [0.25, 0.3) is 0 Å². The molecule has 6 heteroatoms. The molecule has 0 aliphatic heterocycles. The molecule has 2 nitrogen and oxygen atoms in total. The van der Waals surface area contributed by atoms with Gasteiger partial charge in [-0.15, -0.1) is 0 Å². The molecule has 0 bridgehead atoms. The van der Waals surface area contributed by atoms with Gasteiger partial charge < -0.3 is 5.32 Å². The lowest BCUT2D eigenvalue weighted by Gasteiger charge is -2.17. The molecule has 1 aromatic heterocycles. The lowest BCUT2D eigenvalue weighted by molar-refractivity contribution is 0.876. The molecule has 1 atom stereocenters. The highest BCUT2D eigenvalue weighted by atomic mass is 79.9. The first-order valence-corrected chi connectivity index (χ1v) is 8.25. The summed E-state index contributed by atoms with van der Waals surface area (Å²) in [6.07, 6.45) is 1.72. The summed E-state index contributed by atoms with van der Waals surface area (Å²) in [4.78, 5) is 4.10. The molecule has 0 spiro atoms. The van der Waals surface area contributed by atoms with Crippen molar-refractivity contribution in [2.75, 3.05) is 5.32 Å². The molecule has 1 heterocycles. The highest BCUT2D eigenvalue weighted by Crippen LogP contribution is 2.30. The number of benzene rings is 1. The van der Waals surface area contributed by atoms with Crippen molar-refractivity contribution in [2.45, 2.75) is 13.0 Å². The zero-order chi connectivity index (χ0) is 14.0. The van der Waals surface area contributed by atoms with Crippen LogP contribution < -0.4 is 5.32 Å². The molecular weight excluding hydrogens is 459 g/mol. The molecular formula is C13H10Br3ClN2. The first kappa shape index (κ1) is 15.3. The van der Waals surface area contributed by atoms with E-state index in [9.17, 15) is 0 Å². The Morgan fingerprint density at radius 1 is 1.16 bits per heavy atom. The first-order chi connectivity index (χ1) is 8.97. The molecule has 100 valence electrons. The maximum Gasteiger partial charge on any atom is 0.143 e. The number of hydrogen-bond donors (Lipinski definition) is 1. The molecule has 0 saturated heterocycles. The summed E-state index contributed by atoms with van der Waals surface area (Å²) in [7, 11) is 0. The van der Waals surface area contributed by atoms with Gasteiger partial charge in [-0.25, -0.2) is 4.98 Å². The second kappa shape index (κ2) is 6.57. The van der Waals surface area contributed by atoms with Crippen LogP contribution in [0.1, 0.15) is 18.5 Å². The normalized spacial score (nSPS) is 12.3. The number of anilines is 1. The Hall–Kier alpha value is -0.100. The van der Waals surface area contributed by atoms with Crippen LogP contribution in [0.3, 0.4) is 0 Å². The van der Waals surface area contributed by atoms with Crippen molar-refractivity contribution in [3.8, 4) is 0 Å². The predicted molar refractivity (Wildman–Crippen MR) is 90.8 cm³/mol. The topological polar surface area (TPSA) is 24.9 Å². The fourth-order valence-corrected chi connectivity index (χ4v) is 3.52. The lowest BCUT2D eigenvalue weighted by Crippen LogP contribution is -2.07. The third-order valence-corrected chi connectivity index (χ3v) is 4.92. The van der Waals surface area contributed by atoms with Crippen molar-refractivity contribution in [2.24, 2.45) is 0 Å². The van der Waals surface area contributed by atoms with Gasteiger partial charge >= 0.3 is 0 Å². The number of nitrogens with one attached hydrogen (secondary N) is 1. The molecule has 0 aliphatic rings. The Kier molecular flexibility index (Phi) is 5.29. The van der Waals surface area contributed by atoms with E-state index in [1.165, 1.54) is 5.56 Å². The summed E-state index contributed by atoms with van der Waals surface area (Å²) in [5, 5.41) is 3.85. The minimum Gasteiger partial charge on any atom is -0.377 e. The largest absolute Gasteiger partial charge is 0.377 e. The van der Waals surface area contributed by atoms with Gasteiger partial charge in [0.2, 0.25) is 0 Å². The van der Waals surface area contributed by atoms with Crippen LogP contribution in [0.4, 0.5) is 5.69 Å². The number of aromatic nitrogens is 1. The quantitative estimate of drug-likeness (QED) is 0.542. The molecule has 2 rings (SSSR count). The summed E-state index contributed by atoms with van der Waals surface area (Å²) in [5.41, 5.74) is 2.09. The summed E-state index contributed by atoms with van der Waals surface area (Å²) in [6, 6.07) is 8.19. The Morgan fingerprint density at radius 3 is 2.53 bits per heavy atom. The molecule has 1 aromatic carbocycles. The number of halogens is 4. The summed E-state index contributed by atoms with van der Waals surface area (Å²) < 4.78 is 2.88. The van der Waals surface area contributed by atoms with Crippen LogP contribution in [-0.2, 0) is 0 Å². The van der Waals surface area contributed by atoms with E-state index >= 15 is 0 Å². The Labute approximate surface area is 142 Å². The van der Waals surface area contributed by atoms with Crippen LogP contribution in [0.25, 0.3) is 0 Å². The number of pyridine rings is 1. The predicted octanol–water partition coefficient (Wildman–Crippen LogP) is 6.20. The van der Waals surface area contributed by atoms with Gasteiger partial charge in [0.15, 0.2) is 0 Å². The highest BCUT2D eigenvalue weighted by Gasteiger charge is 2.10. The van der Waals surface area contributed by atoms with Crippen LogP contribution in [0.2, 0.25) is 5.15 Å². The van der Waals surface area contributed by atoms with Gasteiger partial charge in [-0.3, -0.25) is 0 Å². The average Bonchev–Trinajstić information content (AvgIpc) is 2.33. The molecule has 0 aliphatic carbocycles. The second-order valence-corrected chi connectivity index (χ2v) is 7.01. The van der Waals surface area contributed by atoms with Crippen LogP contribution in [-0.4, -0.2) is 4.98 Å². The fraction of sp³-hybridized carbons (Fsp3) is 0.154. The van der Waals surface area contributed by atoms with E-state index in [-0.39, 0.29) is 6.04 Å². The van der Waals surface area contributed by atoms with Crippen molar-refractivity contribution in [3.63, 3.8) is 0 Å². The standard InChI is InChI=1S/C13H10Br3ClN2/c1-7(10-3-2-8(14)4-11(10)15)19-9-5-12(16)13(17)18-6-9/h2-7,19H,1H3. The van der Waals surface area contributed by atoms with Crippen LogP contribution in [0.15, 0.2) is 43.9 Å². The Balaban J connectivity index is 2.20. The zero-order valence-electron chi connectivity index (χ0n) is 9.92. The van der Waals surface area contributed by atoms with Gasteiger partial charge in [0, 0.05) is 15.0 Å². The van der Waals surface area contributed by atoms with Crippen LogP contribution in [0.5, 0.6) is 0 Å². The summed E-state index contributed by atoms with van der Waals surface area (Å²) >= 11 is 16.3. The monoisotopic (exact) mass is 466 g/mol. The van der Waals surface area contributed by atoms with Crippen molar-refractivity contribution >= 4 is 65.1 Å². The van der Waals surface area contributed by atoms with E-state index in [0.29, 0.717) is 5.15 Å². The molecule has 2 aromatic rings. The molecule has 0 saturated carbocycles. The molecule has 1 unspecified atom stereocenters. The van der Waals surface area contributed by atoms with E-state index < -0.39 is 0 Å². The smallest absolute Gasteiger partial charge is 0.143 e. The minimum absolute atomic E-state index is 0.150. The van der Waals surface area contributed by atoms with Gasteiger partial charge in [-0.2, -0.15) is 0 Å². The second-order valence-electron chi connectivity index (χ2n) is 4.03. The van der Waals surface area contributed by atoms with Gasteiger partial charge in [-0.1, -0.05) is 49.5 Å². The molecule has 0 amide bonds. The zero-order valence-corrected chi connectivity index (χ0v) is 15.4. The van der Waals surface area contributed by atoms with Gasteiger partial charge in [0.1, 0.15) is 5.15 Å². The van der Waals surface area contributed by atoms with E-state index in [4.69, 9.17) is 11.6 Å². The van der Waals surface area contributed by atoms with Gasteiger partial charge in [0.05, 0.1) is 16.4 Å². The third kappa shape index (κ3) is 3.94. The average molecular weight is 469 g/mol. The van der Waals surface area contributed by atoms with Crippen LogP contribution >= 0.6 is 59.4 Å². The Bertz CT molecular complexity index is 604. The molecule has 1 N–H and O–H groups in total. The Morgan fingerprint density at radius 2 is 1.89 bits per heavy atom. The van der Waals surface area contributed by atoms with Crippen molar-refractivity contribution in [1.82, 2.24) is 4.98 Å². The maximum atomic E-state index is 5.88. The van der Waals surface area contributed by atoms with Crippen molar-refractivity contribution in [3.05, 3.63) is 54.6 Å². The van der Waals surface area contributed by atoms with Crippen molar-refractivity contribution in [1.29, 1.82) is 0 Å². The number of nitrogens with zero attached hydrogens (tertiary/aromatic N) is 1. The SMILES string of the molecule is CC(Nc1cnc(Cl)c(Br)c1)c1ccc(Br)cc1Br. The molecule has 0 fully saturated rings. The van der Waals surface area contributed by atoms with E-state index in [0.717, 1.165) is 19.1 Å². The van der Waals surface area contributed by atoms with Crippen molar-refractivity contribution < 1.29 is 0 Å². The van der Waals surface area contributed by atoms with Crippen LogP contribution in [0, 0.1) is 0 Å². The first-order valence-electron chi connectivity index (χ1n) is 5.50. The molecule has 0 radical (unpaired) electrons. The third-order valence-electron chi connectivity index (χ3n) is 2.61. The summed E-state index contributed by atoms with van der Waals surface area (Å²) in [6.45, 7) is 2.09. The van der Waals surface area contributed by atoms with E-state index in [1.807, 2.05) is 18.2 Å². The summed E-state index contributed by atoms with van der Waals surface area (Å²) in [5.74, 6) is 0. The fourth-order valence-electron chi connectivity index (χ4n) is 1.68. The van der Waals surface area contributed by atoms with Gasteiger partial charge in [-0.05, 0) is 46.6 Å². The minimum atomic E-state index is 0.150. The number of hydrogen-bond acceptors (Lipinski definition) is 2. The highest BCUT2D eigenvalue weighted by molar-refractivity contribution is 9.11. The maximum absolute atomic E-state index is 5.88. The van der Waals surface area contributed by atoms with E-state index in [1.54, 1.807) is 6.20 Å². The van der Waals surface area contributed by atoms with E-state index in [2.05, 4.69) is 71.1 Å². The lowest BCUT2D eigenvalue weighted by atomic mass is 10.1. The molecule has 19 heavy (non-hydrogen) atoms. The number of rotatable bonds is 3.